The minimum Gasteiger partial charge on any atom is -0.331 e. The Hall–Kier alpha value is -1.32. The molecule has 0 saturated heterocycles. The molecule has 0 radical (unpaired) electrons. The van der Waals surface area contributed by atoms with E-state index < -0.39 is 0 Å². The van der Waals surface area contributed by atoms with Crippen LogP contribution in [0.3, 0.4) is 0 Å². The lowest BCUT2D eigenvalue weighted by atomic mass is 9.95. The molecule has 1 aromatic heterocycles. The molecule has 1 amide bonds. The maximum Gasteiger partial charge on any atom is 0.220 e. The first-order chi connectivity index (χ1) is 9.15. The van der Waals surface area contributed by atoms with Gasteiger partial charge < -0.3 is 4.90 Å². The van der Waals surface area contributed by atoms with Crippen LogP contribution in [0.4, 0.5) is 0 Å². The van der Waals surface area contributed by atoms with Crippen LogP contribution < -0.4 is 0 Å². The molecule has 3 rings (SSSR count). The van der Waals surface area contributed by atoms with Crippen molar-refractivity contribution in [3.8, 4) is 0 Å². The second-order valence-electron chi connectivity index (χ2n) is 4.79. The summed E-state index contributed by atoms with van der Waals surface area (Å²) >= 11 is 7.71. The van der Waals surface area contributed by atoms with Gasteiger partial charge in [-0.05, 0) is 34.7 Å². The molecule has 1 aliphatic heterocycles. The third kappa shape index (κ3) is 2.40. The van der Waals surface area contributed by atoms with E-state index in [1.807, 2.05) is 29.2 Å². The predicted molar refractivity (Wildman–Crippen MR) is 78.4 cm³/mol. The van der Waals surface area contributed by atoms with Crippen LogP contribution in [-0.2, 0) is 17.8 Å². The van der Waals surface area contributed by atoms with Crippen LogP contribution in [0.15, 0.2) is 35.7 Å². The molecule has 0 spiro atoms. The molecule has 1 unspecified atom stereocenters. The van der Waals surface area contributed by atoms with Gasteiger partial charge in [-0.15, -0.1) is 11.3 Å². The Bertz CT molecular complexity index is 605. The molecular formula is C15H14ClNOS. The van der Waals surface area contributed by atoms with E-state index in [0.29, 0.717) is 6.54 Å². The van der Waals surface area contributed by atoms with Gasteiger partial charge in [0.2, 0.25) is 5.91 Å². The smallest absolute Gasteiger partial charge is 0.220 e. The summed E-state index contributed by atoms with van der Waals surface area (Å²) in [6.07, 6.45) is 0.897. The molecular weight excluding hydrogens is 278 g/mol. The van der Waals surface area contributed by atoms with E-state index in [1.54, 1.807) is 18.3 Å². The fourth-order valence-electron chi connectivity index (χ4n) is 2.58. The largest absolute Gasteiger partial charge is 0.331 e. The van der Waals surface area contributed by atoms with Gasteiger partial charge in [-0.1, -0.05) is 23.7 Å². The summed E-state index contributed by atoms with van der Waals surface area (Å²) in [7, 11) is 0. The van der Waals surface area contributed by atoms with Crippen LogP contribution in [0.25, 0.3) is 0 Å². The minimum atomic E-state index is 0.122. The quantitative estimate of drug-likeness (QED) is 0.776. The molecule has 1 atom stereocenters. The van der Waals surface area contributed by atoms with Gasteiger partial charge in [0.15, 0.2) is 0 Å². The third-order valence-corrected chi connectivity index (χ3v) is 4.83. The normalized spacial score (nSPS) is 18.2. The lowest BCUT2D eigenvalue weighted by Crippen LogP contribution is -2.36. The van der Waals surface area contributed by atoms with E-state index in [0.717, 1.165) is 17.0 Å². The van der Waals surface area contributed by atoms with Gasteiger partial charge in [-0.2, -0.15) is 0 Å². The van der Waals surface area contributed by atoms with Crippen molar-refractivity contribution < 1.29 is 4.79 Å². The minimum absolute atomic E-state index is 0.122. The first-order valence-corrected chi connectivity index (χ1v) is 7.49. The van der Waals surface area contributed by atoms with Gasteiger partial charge in [0.1, 0.15) is 0 Å². The first kappa shape index (κ1) is 12.7. The Morgan fingerprint density at radius 3 is 2.74 bits per heavy atom. The molecule has 4 heteroatoms. The third-order valence-electron chi connectivity index (χ3n) is 3.59. The maximum absolute atomic E-state index is 11.9. The highest BCUT2D eigenvalue weighted by atomic mass is 35.5. The van der Waals surface area contributed by atoms with Crippen molar-refractivity contribution in [1.29, 1.82) is 0 Å². The van der Waals surface area contributed by atoms with Crippen LogP contribution in [0, 0.1) is 0 Å². The standard InChI is InChI=1S/C15H14ClNOS/c1-10(18)17-9-12-6-7-19-15(12)8-14(17)11-2-4-13(16)5-3-11/h2-7,14H,8-9H2,1H3. The van der Waals surface area contributed by atoms with Crippen molar-refractivity contribution in [3.63, 3.8) is 0 Å². The highest BCUT2D eigenvalue weighted by molar-refractivity contribution is 7.10. The number of rotatable bonds is 1. The Morgan fingerprint density at radius 1 is 1.32 bits per heavy atom. The van der Waals surface area contributed by atoms with Crippen molar-refractivity contribution in [2.45, 2.75) is 25.9 Å². The van der Waals surface area contributed by atoms with Gasteiger partial charge >= 0.3 is 0 Å². The second kappa shape index (κ2) is 4.99. The molecule has 19 heavy (non-hydrogen) atoms. The molecule has 0 fully saturated rings. The molecule has 1 aliphatic rings. The summed E-state index contributed by atoms with van der Waals surface area (Å²) in [4.78, 5) is 15.2. The van der Waals surface area contributed by atoms with Gasteiger partial charge in [0.25, 0.3) is 0 Å². The molecule has 2 heterocycles. The molecule has 1 aromatic carbocycles. The number of nitrogens with zero attached hydrogens (tertiary/aromatic N) is 1. The second-order valence-corrected chi connectivity index (χ2v) is 6.22. The van der Waals surface area contributed by atoms with Crippen LogP contribution in [0.2, 0.25) is 5.02 Å². The number of amides is 1. The molecule has 0 saturated carbocycles. The number of benzene rings is 1. The number of carbonyl (C=O) groups is 1. The lowest BCUT2D eigenvalue weighted by Gasteiger charge is -2.35. The van der Waals surface area contributed by atoms with Crippen LogP contribution in [0.1, 0.15) is 29.0 Å². The molecule has 2 nitrogen and oxygen atoms in total. The summed E-state index contributed by atoms with van der Waals surface area (Å²) < 4.78 is 0. The van der Waals surface area contributed by atoms with Crippen LogP contribution >= 0.6 is 22.9 Å². The van der Waals surface area contributed by atoms with Crippen molar-refractivity contribution in [3.05, 3.63) is 56.7 Å². The first-order valence-electron chi connectivity index (χ1n) is 6.23. The van der Waals surface area contributed by atoms with E-state index in [4.69, 9.17) is 11.6 Å². The van der Waals surface area contributed by atoms with E-state index in [1.165, 1.54) is 10.4 Å². The molecule has 0 bridgehead atoms. The zero-order valence-corrected chi connectivity index (χ0v) is 12.2. The molecule has 98 valence electrons. The van der Waals surface area contributed by atoms with E-state index in [2.05, 4.69) is 11.4 Å². The monoisotopic (exact) mass is 291 g/mol. The maximum atomic E-state index is 11.9. The average Bonchev–Trinajstić information content (AvgIpc) is 2.85. The number of fused-ring (bicyclic) bond motifs is 1. The number of halogens is 1. The highest BCUT2D eigenvalue weighted by Crippen LogP contribution is 2.36. The van der Waals surface area contributed by atoms with E-state index in [9.17, 15) is 4.79 Å². The topological polar surface area (TPSA) is 20.3 Å². The lowest BCUT2D eigenvalue weighted by molar-refractivity contribution is -0.132. The van der Waals surface area contributed by atoms with E-state index in [-0.39, 0.29) is 11.9 Å². The SMILES string of the molecule is CC(=O)N1Cc2ccsc2CC1c1ccc(Cl)cc1. The fourth-order valence-corrected chi connectivity index (χ4v) is 3.64. The van der Waals surface area contributed by atoms with Gasteiger partial charge in [-0.3, -0.25) is 4.79 Å². The Morgan fingerprint density at radius 2 is 2.05 bits per heavy atom. The summed E-state index contributed by atoms with van der Waals surface area (Å²) in [6.45, 7) is 2.35. The molecule has 2 aromatic rings. The van der Waals surface area contributed by atoms with Crippen LogP contribution in [-0.4, -0.2) is 10.8 Å². The number of hydrogen-bond donors (Lipinski definition) is 0. The Kier molecular flexibility index (Phi) is 3.33. The van der Waals surface area contributed by atoms with Crippen molar-refractivity contribution in [2.24, 2.45) is 0 Å². The Labute approximate surface area is 121 Å². The van der Waals surface area contributed by atoms with Gasteiger partial charge in [0, 0.05) is 29.8 Å². The van der Waals surface area contributed by atoms with E-state index >= 15 is 0 Å². The zero-order chi connectivity index (χ0) is 13.4. The number of carbonyl (C=O) groups excluding carboxylic acids is 1. The molecule has 0 aliphatic carbocycles. The van der Waals surface area contributed by atoms with Crippen molar-refractivity contribution in [2.75, 3.05) is 0 Å². The summed E-state index contributed by atoms with van der Waals surface area (Å²) in [6, 6.07) is 10.1. The van der Waals surface area contributed by atoms with Gasteiger partial charge in [0.05, 0.1) is 6.04 Å². The zero-order valence-electron chi connectivity index (χ0n) is 10.6. The van der Waals surface area contributed by atoms with Crippen molar-refractivity contribution >= 4 is 28.8 Å². The molecule has 0 N–H and O–H groups in total. The van der Waals surface area contributed by atoms with Crippen molar-refractivity contribution in [1.82, 2.24) is 4.90 Å². The number of hydrogen-bond acceptors (Lipinski definition) is 2. The summed E-state index contributed by atoms with van der Waals surface area (Å²) in [5, 5.41) is 2.83. The van der Waals surface area contributed by atoms with Gasteiger partial charge in [-0.25, -0.2) is 0 Å². The summed E-state index contributed by atoms with van der Waals surface area (Å²) in [5.74, 6) is 0.122. The fraction of sp³-hybridized carbons (Fsp3) is 0.267. The predicted octanol–water partition coefficient (Wildman–Crippen LogP) is 4.05. The average molecular weight is 292 g/mol. The number of thiophene rings is 1. The summed E-state index contributed by atoms with van der Waals surface area (Å²) in [5.41, 5.74) is 2.43. The van der Waals surface area contributed by atoms with Crippen LogP contribution in [0.5, 0.6) is 0 Å². The highest BCUT2D eigenvalue weighted by Gasteiger charge is 2.29. The Balaban J connectivity index is 1.98.